The Morgan fingerprint density at radius 2 is 1.77 bits per heavy atom. The van der Waals surface area contributed by atoms with Gasteiger partial charge in [-0.25, -0.2) is 9.78 Å². The number of anilines is 1. The second kappa shape index (κ2) is 13.7. The third-order valence-electron chi connectivity index (χ3n) is 6.60. The number of carboxylic acid groups (broad SMARTS) is 1. The zero-order chi connectivity index (χ0) is 28.5. The molecule has 3 rings (SSSR count). The van der Waals surface area contributed by atoms with Gasteiger partial charge in [0.05, 0.1) is 17.8 Å². The van der Waals surface area contributed by atoms with Crippen molar-refractivity contribution in [1.82, 2.24) is 25.0 Å². The van der Waals surface area contributed by atoms with Crippen LogP contribution in [0.5, 0.6) is 0 Å². The molecular weight excluding hydrogens is 504 g/mol. The van der Waals surface area contributed by atoms with E-state index in [0.29, 0.717) is 17.7 Å². The molecule has 12 heteroatoms. The quantitative estimate of drug-likeness (QED) is 0.387. The number of hydrogen-bond acceptors (Lipinski definition) is 8. The molecule has 212 valence electrons. The molecule has 0 saturated carbocycles. The van der Waals surface area contributed by atoms with Gasteiger partial charge in [-0.2, -0.15) is 0 Å². The topological polar surface area (TPSA) is 144 Å². The Morgan fingerprint density at radius 3 is 2.41 bits per heavy atom. The van der Waals surface area contributed by atoms with Crippen molar-refractivity contribution in [3.63, 3.8) is 0 Å². The Hall–Kier alpha value is -3.93. The molecule has 1 atom stereocenters. The minimum absolute atomic E-state index is 0.0754. The lowest BCUT2D eigenvalue weighted by Gasteiger charge is -2.36. The average Bonchev–Trinajstić information content (AvgIpc) is 2.91. The summed E-state index contributed by atoms with van der Waals surface area (Å²) in [6.07, 6.45) is -0.807. The monoisotopic (exact) mass is 542 g/mol. The van der Waals surface area contributed by atoms with Crippen LogP contribution in [-0.4, -0.2) is 115 Å². The number of likely N-dealkylation sites (N-methyl/N-ethyl adjacent to an activating group) is 1. The summed E-state index contributed by atoms with van der Waals surface area (Å²) in [5.74, 6) is -2.03. The molecule has 1 unspecified atom stereocenters. The lowest BCUT2D eigenvalue weighted by Crippen LogP contribution is -2.56. The number of ether oxygens (including phenoxy) is 1. The Balaban J connectivity index is 1.83. The number of carboxylic acids is 1. The molecule has 1 saturated heterocycles. The van der Waals surface area contributed by atoms with E-state index in [2.05, 4.69) is 15.6 Å². The van der Waals surface area contributed by atoms with Crippen molar-refractivity contribution in [2.24, 2.45) is 0 Å². The molecule has 1 aromatic heterocycles. The molecule has 0 radical (unpaired) electrons. The summed E-state index contributed by atoms with van der Waals surface area (Å²) in [7, 11) is 3.90. The van der Waals surface area contributed by atoms with Gasteiger partial charge >= 0.3 is 12.1 Å². The number of nitrogens with zero attached hydrogens (tertiary/aromatic N) is 4. The number of aromatic nitrogens is 1. The molecule has 2 heterocycles. The zero-order valence-electron chi connectivity index (χ0n) is 23.0. The third-order valence-corrected chi connectivity index (χ3v) is 6.60. The van der Waals surface area contributed by atoms with E-state index in [1.54, 1.807) is 6.92 Å². The Kier molecular flexibility index (Phi) is 10.4. The number of nitrogens with one attached hydrogen (secondary N) is 2. The minimum atomic E-state index is -1.07. The van der Waals surface area contributed by atoms with Crippen LogP contribution in [0.2, 0.25) is 0 Å². The van der Waals surface area contributed by atoms with Crippen LogP contribution in [0.1, 0.15) is 35.8 Å². The van der Waals surface area contributed by atoms with E-state index in [-0.39, 0.29) is 51.3 Å². The molecule has 1 aromatic carbocycles. The Morgan fingerprint density at radius 1 is 1.10 bits per heavy atom. The van der Waals surface area contributed by atoms with Crippen LogP contribution in [0.3, 0.4) is 0 Å². The van der Waals surface area contributed by atoms with Crippen LogP contribution in [0.4, 0.5) is 10.5 Å². The molecule has 0 spiro atoms. The maximum absolute atomic E-state index is 13.6. The van der Waals surface area contributed by atoms with Gasteiger partial charge in [0.2, 0.25) is 5.91 Å². The van der Waals surface area contributed by atoms with Crippen molar-refractivity contribution in [3.8, 4) is 0 Å². The van der Waals surface area contributed by atoms with Crippen LogP contribution in [0.25, 0.3) is 10.9 Å². The molecule has 1 aliphatic rings. The van der Waals surface area contributed by atoms with E-state index >= 15 is 0 Å². The molecule has 0 aliphatic carbocycles. The number of amides is 3. The van der Waals surface area contributed by atoms with E-state index in [1.165, 1.54) is 9.80 Å². The fourth-order valence-corrected chi connectivity index (χ4v) is 4.46. The molecule has 3 amide bonds. The maximum atomic E-state index is 13.6. The number of carbonyl (C=O) groups is 4. The molecule has 0 bridgehead atoms. The number of aryl methyl sites for hydroxylation is 1. The average molecular weight is 543 g/mol. The van der Waals surface area contributed by atoms with Gasteiger partial charge in [-0.3, -0.25) is 14.4 Å². The molecule has 39 heavy (non-hydrogen) atoms. The molecule has 12 nitrogen and oxygen atoms in total. The number of hydrogen-bond donors (Lipinski definition) is 3. The standard InChI is InChI=1S/C27H38N6O6/c1-5-39-27(38)33-16-14-32(15-17-33)26(37)21(10-11-22(34)35)30-25(36)24-23(28-12-13-31(3)4)18(2)19-8-6-7-9-20(19)29-24/h6-9,21,28H,5,10-17H2,1-4H3,(H,30,36)(H,34,35). The second-order valence-corrected chi connectivity index (χ2v) is 9.68. The highest BCUT2D eigenvalue weighted by atomic mass is 16.6. The van der Waals surface area contributed by atoms with E-state index in [9.17, 15) is 24.3 Å². The molecule has 1 fully saturated rings. The van der Waals surface area contributed by atoms with Crippen molar-refractivity contribution in [3.05, 3.63) is 35.5 Å². The number of para-hydroxylation sites is 1. The van der Waals surface area contributed by atoms with Crippen molar-refractivity contribution >= 4 is 40.5 Å². The minimum Gasteiger partial charge on any atom is -0.481 e. The largest absolute Gasteiger partial charge is 0.481 e. The summed E-state index contributed by atoms with van der Waals surface area (Å²) in [6, 6.07) is 6.43. The summed E-state index contributed by atoms with van der Waals surface area (Å²) in [6.45, 7) is 6.27. The number of benzene rings is 1. The molecular formula is C27H38N6O6. The summed E-state index contributed by atoms with van der Waals surface area (Å²) in [4.78, 5) is 60.1. The lowest BCUT2D eigenvalue weighted by atomic mass is 10.0. The van der Waals surface area contributed by atoms with E-state index in [1.807, 2.05) is 50.2 Å². The first-order valence-corrected chi connectivity index (χ1v) is 13.1. The van der Waals surface area contributed by atoms with Gasteiger partial charge in [0.1, 0.15) is 6.04 Å². The predicted octanol–water partition coefficient (Wildman–Crippen LogP) is 1.78. The highest BCUT2D eigenvalue weighted by molar-refractivity contribution is 6.04. The first kappa shape index (κ1) is 29.6. The number of pyridine rings is 1. The van der Waals surface area contributed by atoms with Crippen LogP contribution < -0.4 is 10.6 Å². The van der Waals surface area contributed by atoms with Gasteiger partial charge in [0, 0.05) is 51.1 Å². The SMILES string of the molecule is CCOC(=O)N1CCN(C(=O)C(CCC(=O)O)NC(=O)c2nc3ccccc3c(C)c2NCCN(C)C)CC1. The van der Waals surface area contributed by atoms with E-state index < -0.39 is 29.9 Å². The molecule has 1 aliphatic heterocycles. The number of fused-ring (bicyclic) bond motifs is 1. The Bertz CT molecular complexity index is 1190. The van der Waals surface area contributed by atoms with Gasteiger partial charge in [-0.05, 0) is 46.0 Å². The van der Waals surface area contributed by atoms with Crippen LogP contribution in [-0.2, 0) is 14.3 Å². The van der Waals surface area contributed by atoms with E-state index in [4.69, 9.17) is 4.74 Å². The smallest absolute Gasteiger partial charge is 0.409 e. The van der Waals surface area contributed by atoms with Crippen molar-refractivity contribution in [1.29, 1.82) is 0 Å². The number of piperazine rings is 1. The summed E-state index contributed by atoms with van der Waals surface area (Å²) in [5.41, 5.74) is 2.21. The number of rotatable bonds is 11. The van der Waals surface area contributed by atoms with Crippen LogP contribution in [0.15, 0.2) is 24.3 Å². The van der Waals surface area contributed by atoms with Crippen LogP contribution in [0, 0.1) is 6.92 Å². The second-order valence-electron chi connectivity index (χ2n) is 9.68. The summed E-state index contributed by atoms with van der Waals surface area (Å²) < 4.78 is 5.03. The highest BCUT2D eigenvalue weighted by Crippen LogP contribution is 2.27. The predicted molar refractivity (Wildman–Crippen MR) is 147 cm³/mol. The van der Waals surface area contributed by atoms with Crippen LogP contribution >= 0.6 is 0 Å². The first-order valence-electron chi connectivity index (χ1n) is 13.1. The third kappa shape index (κ3) is 7.79. The zero-order valence-corrected chi connectivity index (χ0v) is 23.0. The maximum Gasteiger partial charge on any atom is 0.409 e. The first-order chi connectivity index (χ1) is 18.6. The lowest BCUT2D eigenvalue weighted by molar-refractivity contribution is -0.138. The molecule has 2 aromatic rings. The molecule has 3 N–H and O–H groups in total. The fraction of sp³-hybridized carbons (Fsp3) is 0.519. The highest BCUT2D eigenvalue weighted by Gasteiger charge is 2.32. The van der Waals surface area contributed by atoms with Gasteiger partial charge in [0.25, 0.3) is 5.91 Å². The normalized spacial score (nSPS) is 14.3. The van der Waals surface area contributed by atoms with E-state index in [0.717, 1.165) is 17.5 Å². The number of carbonyl (C=O) groups excluding carboxylic acids is 3. The fourth-order valence-electron chi connectivity index (χ4n) is 4.46. The van der Waals surface area contributed by atoms with Gasteiger partial charge in [0.15, 0.2) is 5.69 Å². The van der Waals surface area contributed by atoms with Gasteiger partial charge < -0.3 is 35.2 Å². The van der Waals surface area contributed by atoms with Crippen molar-refractivity contribution in [2.45, 2.75) is 32.7 Å². The van der Waals surface area contributed by atoms with Gasteiger partial charge in [-0.1, -0.05) is 18.2 Å². The van der Waals surface area contributed by atoms with Crippen molar-refractivity contribution in [2.75, 3.05) is 65.3 Å². The summed E-state index contributed by atoms with van der Waals surface area (Å²) in [5, 5.41) is 16.3. The number of aliphatic carboxylic acids is 1. The van der Waals surface area contributed by atoms with Crippen molar-refractivity contribution < 1.29 is 29.0 Å². The van der Waals surface area contributed by atoms with Gasteiger partial charge in [-0.15, -0.1) is 0 Å². The Labute approximate surface area is 228 Å². The summed E-state index contributed by atoms with van der Waals surface area (Å²) >= 11 is 0.